The number of nitrogens with one attached hydrogen (secondary N) is 3. The van der Waals surface area contributed by atoms with Crippen molar-refractivity contribution in [3.8, 4) is 17.2 Å². The summed E-state index contributed by atoms with van der Waals surface area (Å²) >= 11 is 0. The second-order valence-corrected chi connectivity index (χ2v) is 11.5. The first kappa shape index (κ1) is 32.0. The fraction of sp³-hybridized carbons (Fsp3) is 0.343. The van der Waals surface area contributed by atoms with Crippen molar-refractivity contribution in [1.82, 2.24) is 10.3 Å². The topological polar surface area (TPSA) is 119 Å². The van der Waals surface area contributed by atoms with E-state index < -0.39 is 29.7 Å². The number of hydrogen-bond acceptors (Lipinski definition) is 7. The van der Waals surface area contributed by atoms with Gasteiger partial charge in [-0.05, 0) is 88.1 Å². The summed E-state index contributed by atoms with van der Waals surface area (Å²) < 4.78 is 10.6. The maximum Gasteiger partial charge on any atom is 0.407 e. The number of fused-ring (bicyclic) bond motifs is 1. The van der Waals surface area contributed by atoms with Gasteiger partial charge in [-0.15, -0.1) is 0 Å². The molecule has 0 spiro atoms. The molecule has 0 bridgehead atoms. The van der Waals surface area contributed by atoms with E-state index in [1.165, 1.54) is 7.11 Å². The Morgan fingerprint density at radius 1 is 1.00 bits per heavy atom. The van der Waals surface area contributed by atoms with Gasteiger partial charge < -0.3 is 30.0 Å². The second kappa shape index (κ2) is 14.0. The van der Waals surface area contributed by atoms with Crippen LogP contribution in [0.15, 0.2) is 72.9 Å². The number of anilines is 2. The average Bonchev–Trinajstić information content (AvgIpc) is 3.42. The molecule has 230 valence electrons. The van der Waals surface area contributed by atoms with E-state index in [4.69, 9.17) is 9.47 Å². The Balaban J connectivity index is 1.66. The first-order valence-corrected chi connectivity index (χ1v) is 14.8. The van der Waals surface area contributed by atoms with Crippen LogP contribution in [0.25, 0.3) is 22.0 Å². The van der Waals surface area contributed by atoms with Gasteiger partial charge >= 0.3 is 12.1 Å². The van der Waals surface area contributed by atoms with Crippen molar-refractivity contribution < 1.29 is 19.1 Å². The van der Waals surface area contributed by atoms with Crippen LogP contribution in [0.4, 0.5) is 16.2 Å². The number of carbonyl (C=O) groups is 2. The molecule has 2 unspecified atom stereocenters. The molecule has 4 aromatic rings. The lowest BCUT2D eigenvalue weighted by atomic mass is 9.97. The van der Waals surface area contributed by atoms with Crippen molar-refractivity contribution in [3.63, 3.8) is 0 Å². The third-order valence-corrected chi connectivity index (χ3v) is 7.42. The molecule has 3 N–H and O–H groups in total. The minimum Gasteiger partial charge on any atom is -0.465 e. The lowest BCUT2D eigenvalue weighted by molar-refractivity contribution is 0.0501. The third-order valence-electron chi connectivity index (χ3n) is 7.42. The molecule has 44 heavy (non-hydrogen) atoms. The van der Waals surface area contributed by atoms with Crippen molar-refractivity contribution >= 4 is 34.3 Å². The number of ether oxygens (including phenoxy) is 2. The zero-order valence-electron chi connectivity index (χ0n) is 26.2. The molecule has 0 aliphatic rings. The minimum absolute atomic E-state index is 0.279. The van der Waals surface area contributed by atoms with Gasteiger partial charge in [-0.1, -0.05) is 36.4 Å². The number of benzene rings is 3. The monoisotopic (exact) mass is 595 g/mol. The predicted octanol–water partition coefficient (Wildman–Crippen LogP) is 6.91. The maximum absolute atomic E-state index is 13.0. The van der Waals surface area contributed by atoms with Crippen LogP contribution in [-0.2, 0) is 15.9 Å². The Labute approximate surface area is 259 Å². The molecular formula is C35H41N5O4. The number of hydrogen-bond donors (Lipinski definition) is 3. The number of alkyl carbamates (subject to hydrolysis) is 1. The number of carbonyl (C=O) groups excluding carboxylic acids is 2. The highest BCUT2D eigenvalue weighted by atomic mass is 16.6. The maximum atomic E-state index is 13.0. The van der Waals surface area contributed by atoms with E-state index in [0.717, 1.165) is 46.4 Å². The summed E-state index contributed by atoms with van der Waals surface area (Å²) in [5.41, 5.74) is 4.76. The Morgan fingerprint density at radius 2 is 1.68 bits per heavy atom. The van der Waals surface area contributed by atoms with Crippen LogP contribution in [0.5, 0.6) is 0 Å². The summed E-state index contributed by atoms with van der Waals surface area (Å²) in [4.78, 5) is 31.4. The fourth-order valence-electron chi connectivity index (χ4n) is 5.22. The molecular weight excluding hydrogens is 554 g/mol. The van der Waals surface area contributed by atoms with E-state index in [-0.39, 0.29) is 5.56 Å². The number of H-pyrrole nitrogens is 1. The number of nitriles is 1. The summed E-state index contributed by atoms with van der Waals surface area (Å²) in [6.07, 6.45) is 1.57. The molecule has 4 rings (SSSR count). The van der Waals surface area contributed by atoms with Crippen molar-refractivity contribution in [3.05, 3.63) is 84.1 Å². The number of methoxy groups -OCH3 is 1. The van der Waals surface area contributed by atoms with Gasteiger partial charge in [0.25, 0.3) is 0 Å². The number of nitrogens with zero attached hydrogens (tertiary/aromatic N) is 2. The first-order chi connectivity index (χ1) is 21.1. The van der Waals surface area contributed by atoms with E-state index in [1.54, 1.807) is 32.9 Å². The quantitative estimate of drug-likeness (QED) is 0.161. The second-order valence-electron chi connectivity index (χ2n) is 11.5. The molecule has 9 heteroatoms. The Hall–Kier alpha value is -4.97. The summed E-state index contributed by atoms with van der Waals surface area (Å²) in [5.74, 6) is -0.543. The molecule has 1 aromatic heterocycles. The van der Waals surface area contributed by atoms with Crippen LogP contribution in [0.3, 0.4) is 0 Å². The minimum atomic E-state index is -0.918. The first-order valence-electron chi connectivity index (χ1n) is 14.8. The van der Waals surface area contributed by atoms with Crippen LogP contribution < -0.4 is 15.5 Å². The van der Waals surface area contributed by atoms with Crippen LogP contribution in [0, 0.1) is 11.3 Å². The van der Waals surface area contributed by atoms with Gasteiger partial charge in [0, 0.05) is 41.6 Å². The van der Waals surface area contributed by atoms with Crippen LogP contribution in [0.2, 0.25) is 0 Å². The number of aromatic nitrogens is 1. The lowest BCUT2D eigenvalue weighted by Crippen LogP contribution is -2.49. The molecule has 0 radical (unpaired) electrons. The highest BCUT2D eigenvalue weighted by Gasteiger charge is 2.28. The zero-order chi connectivity index (χ0) is 31.9. The fourth-order valence-corrected chi connectivity index (χ4v) is 5.22. The molecule has 3 aromatic carbocycles. The van der Waals surface area contributed by atoms with Crippen LogP contribution >= 0.6 is 0 Å². The molecule has 2 atom stereocenters. The molecule has 0 aliphatic heterocycles. The number of rotatable bonds is 11. The van der Waals surface area contributed by atoms with E-state index in [9.17, 15) is 14.9 Å². The number of esters is 1. The summed E-state index contributed by atoms with van der Waals surface area (Å²) in [6, 6.07) is 22.1. The zero-order valence-corrected chi connectivity index (χ0v) is 26.2. The summed E-state index contributed by atoms with van der Waals surface area (Å²) in [5, 5.41) is 17.4. The van der Waals surface area contributed by atoms with E-state index in [2.05, 4.69) is 52.6 Å². The largest absolute Gasteiger partial charge is 0.465 e. The highest BCUT2D eigenvalue weighted by molar-refractivity contribution is 5.97. The molecule has 9 nitrogen and oxygen atoms in total. The van der Waals surface area contributed by atoms with Gasteiger partial charge in [0.15, 0.2) is 0 Å². The molecule has 0 saturated carbocycles. The number of aromatic amines is 1. The SMILES string of the molecule is CCN(CC)c1ccc(-c2ccc(NC(C#N)C(Cc3c[nH]c4ccccc34)NC(=O)OC(C)(C)C)c(C(=O)OC)c2)cc1. The Bertz CT molecular complexity index is 1630. The number of amides is 1. The normalized spacial score (nSPS) is 12.6. The summed E-state index contributed by atoms with van der Waals surface area (Å²) in [6.45, 7) is 11.4. The predicted molar refractivity (Wildman–Crippen MR) is 175 cm³/mol. The van der Waals surface area contributed by atoms with Gasteiger partial charge in [-0.2, -0.15) is 5.26 Å². The van der Waals surface area contributed by atoms with Crippen molar-refractivity contribution in [2.24, 2.45) is 0 Å². The standard InChI is InChI=1S/C35H41N5O4/c1-7-40(8-2)26-16-13-23(14-17-26)24-15-18-30(28(19-24)33(41)43-6)38-32(21-36)31(39-34(42)44-35(3,4)5)20-25-22-37-29-12-10-9-11-27(25)29/h9-19,22,31-32,37-38H,7-8,20H2,1-6H3,(H,39,42). The van der Waals surface area contributed by atoms with Crippen LogP contribution in [-0.4, -0.2) is 54.9 Å². The molecule has 1 amide bonds. The number of para-hydroxylation sites is 1. The Morgan fingerprint density at radius 3 is 2.32 bits per heavy atom. The van der Waals surface area contributed by atoms with E-state index >= 15 is 0 Å². The molecule has 0 saturated heterocycles. The average molecular weight is 596 g/mol. The van der Waals surface area contributed by atoms with Crippen LogP contribution in [0.1, 0.15) is 50.5 Å². The molecule has 0 aliphatic carbocycles. The van der Waals surface area contributed by atoms with Gasteiger partial charge in [-0.3, -0.25) is 0 Å². The van der Waals surface area contributed by atoms with Crippen molar-refractivity contribution in [1.29, 1.82) is 5.26 Å². The van der Waals surface area contributed by atoms with Gasteiger partial charge in [0.05, 0.1) is 24.8 Å². The van der Waals surface area contributed by atoms with E-state index in [1.807, 2.05) is 48.7 Å². The van der Waals surface area contributed by atoms with Crippen molar-refractivity contribution in [2.75, 3.05) is 30.4 Å². The summed E-state index contributed by atoms with van der Waals surface area (Å²) in [7, 11) is 1.32. The van der Waals surface area contributed by atoms with Gasteiger partial charge in [0.2, 0.25) is 0 Å². The third kappa shape index (κ3) is 7.70. The van der Waals surface area contributed by atoms with Gasteiger partial charge in [-0.25, -0.2) is 9.59 Å². The smallest absolute Gasteiger partial charge is 0.407 e. The molecule has 0 fully saturated rings. The van der Waals surface area contributed by atoms with Gasteiger partial charge in [0.1, 0.15) is 11.6 Å². The lowest BCUT2D eigenvalue weighted by Gasteiger charge is -2.27. The van der Waals surface area contributed by atoms with E-state index in [0.29, 0.717) is 12.1 Å². The van der Waals surface area contributed by atoms with Crippen molar-refractivity contribution in [2.45, 2.75) is 58.7 Å². The Kier molecular flexibility index (Phi) is 10.2. The highest BCUT2D eigenvalue weighted by Crippen LogP contribution is 2.29. The molecule has 1 heterocycles.